The van der Waals surface area contributed by atoms with Gasteiger partial charge in [0.15, 0.2) is 29.0 Å². The van der Waals surface area contributed by atoms with Crippen LogP contribution in [0.25, 0.3) is 11.4 Å². The van der Waals surface area contributed by atoms with Gasteiger partial charge in [0.2, 0.25) is 0 Å². The molecule has 1 heterocycles. The molecule has 0 fully saturated rings. The molecule has 0 saturated heterocycles. The third kappa shape index (κ3) is 2.84. The highest BCUT2D eigenvalue weighted by molar-refractivity contribution is 6.32. The van der Waals surface area contributed by atoms with E-state index in [4.69, 9.17) is 26.9 Å². The Morgan fingerprint density at radius 3 is 2.52 bits per heavy atom. The second kappa shape index (κ2) is 6.11. The predicted octanol–water partition coefficient (Wildman–Crippen LogP) is 2.55. The Bertz CT molecular complexity index is 682. The van der Waals surface area contributed by atoms with Crippen LogP contribution in [0.3, 0.4) is 0 Å². The summed E-state index contributed by atoms with van der Waals surface area (Å²) in [7, 11) is 2.97. The number of anilines is 1. The summed E-state index contributed by atoms with van der Waals surface area (Å²) in [5.74, 6) is 5.64. The average Bonchev–Trinajstić information content (AvgIpc) is 2.48. The number of halogens is 2. The van der Waals surface area contributed by atoms with E-state index in [1.54, 1.807) is 12.1 Å². The van der Waals surface area contributed by atoms with Gasteiger partial charge in [-0.25, -0.2) is 20.2 Å². The van der Waals surface area contributed by atoms with Crippen molar-refractivity contribution in [1.29, 1.82) is 0 Å². The molecule has 2 aromatic rings. The molecule has 0 aliphatic carbocycles. The zero-order chi connectivity index (χ0) is 15.6. The van der Waals surface area contributed by atoms with Crippen LogP contribution in [-0.4, -0.2) is 24.2 Å². The Balaban J connectivity index is 2.62. The van der Waals surface area contributed by atoms with Crippen LogP contribution in [-0.2, 0) is 0 Å². The number of hydrogen-bond acceptors (Lipinski definition) is 6. The monoisotopic (exact) mass is 312 g/mol. The molecule has 0 bridgehead atoms. The topological polar surface area (TPSA) is 82.3 Å². The Kier molecular flexibility index (Phi) is 4.44. The highest BCUT2D eigenvalue weighted by Gasteiger charge is 2.16. The van der Waals surface area contributed by atoms with Crippen LogP contribution in [0.5, 0.6) is 11.5 Å². The normalized spacial score (nSPS) is 10.4. The standard InChI is InChI=1S/C13H14ClFN4O2/c1-6-10(15)13(19-16)18-12(17-6)7-4-8(14)11(21-3)9(5-7)20-2/h4-5H,16H2,1-3H3,(H,17,18,19). The van der Waals surface area contributed by atoms with E-state index in [9.17, 15) is 4.39 Å². The van der Waals surface area contributed by atoms with E-state index in [1.807, 2.05) is 0 Å². The summed E-state index contributed by atoms with van der Waals surface area (Å²) < 4.78 is 24.1. The number of nitrogens with zero attached hydrogens (tertiary/aromatic N) is 2. The van der Waals surface area contributed by atoms with Crippen molar-refractivity contribution in [3.05, 3.63) is 28.7 Å². The lowest BCUT2D eigenvalue weighted by atomic mass is 10.1. The number of aromatic nitrogens is 2. The molecule has 112 valence electrons. The van der Waals surface area contributed by atoms with Gasteiger partial charge in [-0.1, -0.05) is 11.6 Å². The predicted molar refractivity (Wildman–Crippen MR) is 78.1 cm³/mol. The first-order chi connectivity index (χ1) is 10.0. The number of aryl methyl sites for hydroxylation is 1. The van der Waals surface area contributed by atoms with Crippen LogP contribution >= 0.6 is 11.6 Å². The van der Waals surface area contributed by atoms with Gasteiger partial charge < -0.3 is 14.9 Å². The molecule has 0 aliphatic heterocycles. The number of benzene rings is 1. The quantitative estimate of drug-likeness (QED) is 0.667. The van der Waals surface area contributed by atoms with Crippen LogP contribution in [0.4, 0.5) is 10.2 Å². The van der Waals surface area contributed by atoms with Crippen LogP contribution in [0.15, 0.2) is 12.1 Å². The van der Waals surface area contributed by atoms with Gasteiger partial charge >= 0.3 is 0 Å². The molecule has 0 radical (unpaired) electrons. The zero-order valence-corrected chi connectivity index (χ0v) is 12.5. The first-order valence-electron chi connectivity index (χ1n) is 5.94. The molecule has 0 unspecified atom stereocenters. The minimum absolute atomic E-state index is 0.0941. The minimum atomic E-state index is -0.604. The maximum absolute atomic E-state index is 13.7. The number of nitrogens with one attached hydrogen (secondary N) is 1. The summed E-state index contributed by atoms with van der Waals surface area (Å²) in [6.45, 7) is 1.52. The van der Waals surface area contributed by atoms with Gasteiger partial charge in [-0.3, -0.25) is 0 Å². The summed E-state index contributed by atoms with van der Waals surface area (Å²) in [6, 6.07) is 3.26. The molecule has 2 rings (SSSR count). The fourth-order valence-electron chi connectivity index (χ4n) is 1.83. The molecule has 8 heteroatoms. The molecule has 0 atom stereocenters. The minimum Gasteiger partial charge on any atom is -0.493 e. The van der Waals surface area contributed by atoms with Crippen LogP contribution < -0.4 is 20.7 Å². The fourth-order valence-corrected chi connectivity index (χ4v) is 2.12. The Hall–Kier alpha value is -2.12. The van der Waals surface area contributed by atoms with Crippen LogP contribution in [0.2, 0.25) is 5.02 Å². The fraction of sp³-hybridized carbons (Fsp3) is 0.231. The highest BCUT2D eigenvalue weighted by Crippen LogP contribution is 2.38. The van der Waals surface area contributed by atoms with Crippen molar-refractivity contribution >= 4 is 17.4 Å². The Labute approximate surface area is 126 Å². The lowest BCUT2D eigenvalue weighted by Crippen LogP contribution is -2.13. The molecule has 1 aromatic heterocycles. The summed E-state index contributed by atoms with van der Waals surface area (Å²) in [6.07, 6.45) is 0. The largest absolute Gasteiger partial charge is 0.493 e. The molecule has 0 saturated carbocycles. The summed E-state index contributed by atoms with van der Waals surface area (Å²) in [4.78, 5) is 8.10. The smallest absolute Gasteiger partial charge is 0.187 e. The summed E-state index contributed by atoms with van der Waals surface area (Å²) >= 11 is 6.13. The van der Waals surface area contributed by atoms with Crippen molar-refractivity contribution in [1.82, 2.24) is 9.97 Å². The second-order valence-electron chi connectivity index (χ2n) is 4.13. The van der Waals surface area contributed by atoms with Crippen molar-refractivity contribution in [2.45, 2.75) is 6.92 Å². The number of nitrogens with two attached hydrogens (primary N) is 1. The SMILES string of the molecule is COc1cc(-c2nc(C)c(F)c(NN)n2)cc(Cl)c1OC. The molecule has 0 aliphatic rings. The van der Waals surface area contributed by atoms with Crippen molar-refractivity contribution in [2.24, 2.45) is 5.84 Å². The van der Waals surface area contributed by atoms with Crippen LogP contribution in [0.1, 0.15) is 5.69 Å². The van der Waals surface area contributed by atoms with E-state index in [0.29, 0.717) is 22.1 Å². The number of hydrogen-bond donors (Lipinski definition) is 2. The summed E-state index contributed by atoms with van der Waals surface area (Å²) in [5.41, 5.74) is 2.92. The zero-order valence-electron chi connectivity index (χ0n) is 11.7. The molecule has 0 amide bonds. The average molecular weight is 313 g/mol. The van der Waals surface area contributed by atoms with Crippen molar-refractivity contribution < 1.29 is 13.9 Å². The van der Waals surface area contributed by atoms with Gasteiger partial charge in [-0.2, -0.15) is 0 Å². The van der Waals surface area contributed by atoms with Crippen molar-refractivity contribution in [3.8, 4) is 22.9 Å². The first-order valence-corrected chi connectivity index (χ1v) is 6.32. The molecular formula is C13H14ClFN4O2. The summed E-state index contributed by atoms with van der Waals surface area (Å²) in [5, 5.41) is 0.333. The highest BCUT2D eigenvalue weighted by atomic mass is 35.5. The Morgan fingerprint density at radius 1 is 1.24 bits per heavy atom. The number of hydrazine groups is 1. The first kappa shape index (κ1) is 15.3. The van der Waals surface area contributed by atoms with Gasteiger partial charge in [-0.15, -0.1) is 0 Å². The van der Waals surface area contributed by atoms with E-state index in [2.05, 4.69) is 15.4 Å². The molecular weight excluding hydrogens is 299 g/mol. The lowest BCUT2D eigenvalue weighted by molar-refractivity contribution is 0.355. The van der Waals surface area contributed by atoms with Gasteiger partial charge in [0, 0.05) is 5.56 Å². The van der Waals surface area contributed by atoms with Crippen molar-refractivity contribution in [3.63, 3.8) is 0 Å². The molecule has 6 nitrogen and oxygen atoms in total. The third-order valence-corrected chi connectivity index (χ3v) is 3.13. The van der Waals surface area contributed by atoms with Gasteiger partial charge in [0.05, 0.1) is 24.9 Å². The van der Waals surface area contributed by atoms with Gasteiger partial charge in [0.25, 0.3) is 0 Å². The van der Waals surface area contributed by atoms with Gasteiger partial charge in [0.1, 0.15) is 0 Å². The molecule has 3 N–H and O–H groups in total. The molecule has 0 spiro atoms. The molecule has 1 aromatic carbocycles. The maximum atomic E-state index is 13.7. The van der Waals surface area contributed by atoms with E-state index >= 15 is 0 Å². The number of nitrogen functional groups attached to an aromatic ring is 1. The number of methoxy groups -OCH3 is 2. The van der Waals surface area contributed by atoms with E-state index < -0.39 is 5.82 Å². The van der Waals surface area contributed by atoms with E-state index in [1.165, 1.54) is 21.1 Å². The van der Waals surface area contributed by atoms with Crippen molar-refractivity contribution in [2.75, 3.05) is 19.6 Å². The number of ether oxygens (including phenoxy) is 2. The van der Waals surface area contributed by atoms with E-state index in [-0.39, 0.29) is 17.3 Å². The second-order valence-corrected chi connectivity index (χ2v) is 4.54. The molecule has 21 heavy (non-hydrogen) atoms. The van der Waals surface area contributed by atoms with E-state index in [0.717, 1.165) is 0 Å². The third-order valence-electron chi connectivity index (χ3n) is 2.85. The lowest BCUT2D eigenvalue weighted by Gasteiger charge is -2.12. The maximum Gasteiger partial charge on any atom is 0.187 e. The Morgan fingerprint density at radius 2 is 1.95 bits per heavy atom. The van der Waals surface area contributed by atoms with Crippen LogP contribution in [0, 0.1) is 12.7 Å². The van der Waals surface area contributed by atoms with Gasteiger partial charge in [-0.05, 0) is 19.1 Å². The number of rotatable bonds is 4.